The van der Waals surface area contributed by atoms with Crippen LogP contribution in [0.5, 0.6) is 0 Å². The topological polar surface area (TPSA) is 81.2 Å². The second-order valence-electron chi connectivity index (χ2n) is 12.2. The lowest BCUT2D eigenvalue weighted by Crippen LogP contribution is -2.52. The number of hydrogen-bond acceptors (Lipinski definition) is 5. The first-order valence-electron chi connectivity index (χ1n) is 15.2. The normalized spacial score (nSPS) is 23.1. The summed E-state index contributed by atoms with van der Waals surface area (Å²) in [5, 5.41) is 0.644. The monoisotopic (exact) mass is 614 g/mol. The third-order valence-electron chi connectivity index (χ3n) is 9.38. The number of rotatable bonds is 9. The highest BCUT2D eigenvalue weighted by Crippen LogP contribution is 2.40. The molecule has 2 aromatic rings. The second-order valence-corrected chi connectivity index (χ2v) is 14.5. The standard InChI is InChI=1S/C32H43ClN4O4S/c1-23-10-11-29(22-31(23)33)36(32(39)25-14-18-34(19-15-25)24(2)38)17-7-16-35-27-12-13-28(35)21-30(20-27)37(42(3,40)41)26-8-5-4-6-9-26/h4-6,8-11,22,25,27-28,30H,7,12-21H2,1-3H3. The number of anilines is 2. The number of nitrogens with zero attached hydrogens (tertiary/aromatic N) is 4. The summed E-state index contributed by atoms with van der Waals surface area (Å²) in [4.78, 5) is 31.9. The van der Waals surface area contributed by atoms with E-state index < -0.39 is 10.0 Å². The van der Waals surface area contributed by atoms with Crippen LogP contribution in [0.15, 0.2) is 48.5 Å². The number of aryl methyl sites for hydroxylation is 1. The zero-order chi connectivity index (χ0) is 30.0. The van der Waals surface area contributed by atoms with Crippen LogP contribution in [0, 0.1) is 12.8 Å². The SMILES string of the molecule is CC(=O)N1CCC(C(=O)N(CCCN2C3CCC2CC(N(c2ccccc2)S(C)(=O)=O)C3)c2ccc(C)c(Cl)c2)CC1. The Hall–Kier alpha value is -2.62. The molecule has 0 radical (unpaired) electrons. The van der Waals surface area contributed by atoms with E-state index in [0.29, 0.717) is 49.6 Å². The molecule has 2 atom stereocenters. The summed E-state index contributed by atoms with van der Waals surface area (Å²) in [5.41, 5.74) is 2.52. The van der Waals surface area contributed by atoms with Gasteiger partial charge in [0.25, 0.3) is 0 Å². The third kappa shape index (κ3) is 6.79. The number of piperidine rings is 2. The Kier molecular flexibility index (Phi) is 9.50. The molecule has 5 rings (SSSR count). The molecule has 0 spiro atoms. The zero-order valence-electron chi connectivity index (χ0n) is 24.9. The third-order valence-corrected chi connectivity index (χ3v) is 11.0. The predicted molar refractivity (Wildman–Crippen MR) is 168 cm³/mol. The highest BCUT2D eigenvalue weighted by Gasteiger charge is 2.44. The summed E-state index contributed by atoms with van der Waals surface area (Å²) < 4.78 is 27.4. The summed E-state index contributed by atoms with van der Waals surface area (Å²) in [6.45, 7) is 6.21. The Morgan fingerprint density at radius 2 is 1.60 bits per heavy atom. The molecule has 0 saturated carbocycles. The molecule has 3 saturated heterocycles. The van der Waals surface area contributed by atoms with E-state index in [0.717, 1.165) is 55.6 Å². The van der Waals surface area contributed by atoms with Crippen molar-refractivity contribution in [2.24, 2.45) is 5.92 Å². The van der Waals surface area contributed by atoms with E-state index in [1.807, 2.05) is 65.3 Å². The van der Waals surface area contributed by atoms with Crippen LogP contribution < -0.4 is 9.21 Å². The molecule has 8 nitrogen and oxygen atoms in total. The van der Waals surface area contributed by atoms with Gasteiger partial charge >= 0.3 is 0 Å². The van der Waals surface area contributed by atoms with Gasteiger partial charge in [-0.25, -0.2) is 8.42 Å². The number of carbonyl (C=O) groups excluding carboxylic acids is 2. The maximum absolute atomic E-state index is 13.8. The summed E-state index contributed by atoms with van der Waals surface area (Å²) in [7, 11) is -3.41. The molecule has 3 fully saturated rings. The number of hydrogen-bond donors (Lipinski definition) is 0. The van der Waals surface area contributed by atoms with Gasteiger partial charge in [-0.3, -0.25) is 18.8 Å². The maximum atomic E-state index is 13.8. The van der Waals surface area contributed by atoms with Crippen molar-refractivity contribution in [3.8, 4) is 0 Å². The van der Waals surface area contributed by atoms with Gasteiger partial charge in [-0.15, -0.1) is 0 Å². The van der Waals surface area contributed by atoms with Crippen molar-refractivity contribution < 1.29 is 18.0 Å². The Morgan fingerprint density at radius 1 is 0.952 bits per heavy atom. The Bertz CT molecular complexity index is 1370. The number of fused-ring (bicyclic) bond motifs is 2. The summed E-state index contributed by atoms with van der Waals surface area (Å²) in [6.07, 6.45) is 7.22. The molecule has 2 unspecified atom stereocenters. The molecule has 228 valence electrons. The van der Waals surface area contributed by atoms with Gasteiger partial charge in [-0.05, 0) is 81.7 Å². The molecular formula is C32H43ClN4O4S. The van der Waals surface area contributed by atoms with E-state index >= 15 is 0 Å². The highest BCUT2D eigenvalue weighted by atomic mass is 35.5. The highest BCUT2D eigenvalue weighted by molar-refractivity contribution is 7.92. The number of para-hydroxylation sites is 1. The lowest BCUT2D eigenvalue weighted by atomic mass is 9.94. The molecule has 0 N–H and O–H groups in total. The number of halogens is 1. The second kappa shape index (κ2) is 12.9. The molecule has 2 aromatic carbocycles. The van der Waals surface area contributed by atoms with E-state index in [2.05, 4.69) is 4.90 Å². The Balaban J connectivity index is 1.25. The molecule has 10 heteroatoms. The molecule has 0 aliphatic carbocycles. The molecule has 2 bridgehead atoms. The van der Waals surface area contributed by atoms with Crippen LogP contribution in [-0.2, 0) is 19.6 Å². The van der Waals surface area contributed by atoms with Gasteiger partial charge in [-0.2, -0.15) is 0 Å². The van der Waals surface area contributed by atoms with Crippen molar-refractivity contribution in [2.45, 2.75) is 76.9 Å². The minimum absolute atomic E-state index is 0.0511. The molecular weight excluding hydrogens is 572 g/mol. The van der Waals surface area contributed by atoms with Crippen LogP contribution in [0.3, 0.4) is 0 Å². The van der Waals surface area contributed by atoms with Crippen molar-refractivity contribution in [3.63, 3.8) is 0 Å². The van der Waals surface area contributed by atoms with E-state index in [4.69, 9.17) is 11.6 Å². The van der Waals surface area contributed by atoms with E-state index in [9.17, 15) is 18.0 Å². The smallest absolute Gasteiger partial charge is 0.232 e. The van der Waals surface area contributed by atoms with Gasteiger partial charge in [0, 0.05) is 67.9 Å². The molecule has 42 heavy (non-hydrogen) atoms. The van der Waals surface area contributed by atoms with E-state index in [-0.39, 0.29) is 23.8 Å². The average molecular weight is 615 g/mol. The van der Waals surface area contributed by atoms with Crippen molar-refractivity contribution in [2.75, 3.05) is 41.6 Å². The first-order chi connectivity index (χ1) is 20.0. The summed E-state index contributed by atoms with van der Waals surface area (Å²) >= 11 is 6.48. The predicted octanol–water partition coefficient (Wildman–Crippen LogP) is 5.09. The largest absolute Gasteiger partial charge is 0.343 e. The molecule has 2 amide bonds. The fourth-order valence-corrected chi connectivity index (χ4v) is 8.63. The molecule has 3 heterocycles. The number of benzene rings is 2. The quantitative estimate of drug-likeness (QED) is 0.393. The van der Waals surface area contributed by atoms with Gasteiger partial charge in [0.05, 0.1) is 11.9 Å². The maximum Gasteiger partial charge on any atom is 0.232 e. The van der Waals surface area contributed by atoms with Crippen molar-refractivity contribution in [1.29, 1.82) is 0 Å². The Morgan fingerprint density at radius 3 is 2.17 bits per heavy atom. The van der Waals surface area contributed by atoms with Gasteiger partial charge in [0.1, 0.15) is 0 Å². The van der Waals surface area contributed by atoms with Crippen LogP contribution in [0.25, 0.3) is 0 Å². The van der Waals surface area contributed by atoms with E-state index in [1.165, 1.54) is 6.26 Å². The van der Waals surface area contributed by atoms with Crippen molar-refractivity contribution >= 4 is 44.8 Å². The number of amides is 2. The summed E-state index contributed by atoms with van der Waals surface area (Å²) in [5.74, 6) is 0.0453. The van der Waals surface area contributed by atoms with Gasteiger partial charge < -0.3 is 9.80 Å². The van der Waals surface area contributed by atoms with Crippen molar-refractivity contribution in [3.05, 3.63) is 59.1 Å². The van der Waals surface area contributed by atoms with Gasteiger partial charge in [0.15, 0.2) is 0 Å². The molecule has 0 aromatic heterocycles. The first-order valence-corrected chi connectivity index (χ1v) is 17.4. The number of likely N-dealkylation sites (tertiary alicyclic amines) is 1. The first kappa shape index (κ1) is 30.8. The van der Waals surface area contributed by atoms with E-state index in [1.54, 1.807) is 11.2 Å². The van der Waals surface area contributed by atoms with Gasteiger partial charge in [-0.1, -0.05) is 35.9 Å². The van der Waals surface area contributed by atoms with Crippen LogP contribution in [-0.4, -0.2) is 80.6 Å². The number of sulfonamides is 1. The molecule has 3 aliphatic rings. The fraction of sp³-hybridized carbons (Fsp3) is 0.562. The Labute approximate surface area is 255 Å². The lowest BCUT2D eigenvalue weighted by molar-refractivity contribution is -0.133. The van der Waals surface area contributed by atoms with Crippen LogP contribution in [0.2, 0.25) is 5.02 Å². The average Bonchev–Trinajstić information content (AvgIpc) is 3.19. The molecule has 3 aliphatic heterocycles. The summed E-state index contributed by atoms with van der Waals surface area (Å²) in [6, 6.07) is 15.9. The van der Waals surface area contributed by atoms with Crippen LogP contribution in [0.4, 0.5) is 11.4 Å². The van der Waals surface area contributed by atoms with Crippen LogP contribution in [0.1, 0.15) is 57.4 Å². The number of carbonyl (C=O) groups is 2. The van der Waals surface area contributed by atoms with Gasteiger partial charge in [0.2, 0.25) is 21.8 Å². The minimum atomic E-state index is -3.41. The van der Waals surface area contributed by atoms with Crippen LogP contribution >= 0.6 is 11.6 Å². The zero-order valence-corrected chi connectivity index (χ0v) is 26.5. The van der Waals surface area contributed by atoms with Crippen molar-refractivity contribution in [1.82, 2.24) is 9.80 Å². The fourth-order valence-electron chi connectivity index (χ4n) is 7.24. The lowest BCUT2D eigenvalue weighted by Gasteiger charge is -2.43. The minimum Gasteiger partial charge on any atom is -0.343 e.